The molecular weight excluding hydrogens is 194 g/mol. The van der Waals surface area contributed by atoms with E-state index in [4.69, 9.17) is 17.3 Å². The highest BCUT2D eigenvalue weighted by Crippen LogP contribution is 2.25. The fourth-order valence-electron chi connectivity index (χ4n) is 0.711. The maximum Gasteiger partial charge on any atom is 0.227 e. The molecule has 1 aromatic carbocycles. The number of thioether (sulfide) groups is 1. The number of nitrogens with two attached hydrogens (primary N) is 1. The largest absolute Gasteiger partial charge is 0.369 e. The molecular formula is C8H8ClNOS. The van der Waals surface area contributed by atoms with Gasteiger partial charge < -0.3 is 5.73 Å². The number of rotatable bonds is 3. The van der Waals surface area contributed by atoms with Gasteiger partial charge in [-0.05, 0) is 12.1 Å². The predicted molar refractivity (Wildman–Crippen MR) is 51.4 cm³/mol. The van der Waals surface area contributed by atoms with E-state index in [1.807, 2.05) is 18.2 Å². The van der Waals surface area contributed by atoms with Gasteiger partial charge in [0.05, 0.1) is 10.8 Å². The van der Waals surface area contributed by atoms with Gasteiger partial charge in [-0.25, -0.2) is 0 Å². The summed E-state index contributed by atoms with van der Waals surface area (Å²) in [7, 11) is 0. The molecule has 1 rings (SSSR count). The summed E-state index contributed by atoms with van der Waals surface area (Å²) in [5.41, 5.74) is 4.99. The van der Waals surface area contributed by atoms with Crippen molar-refractivity contribution >= 4 is 29.3 Å². The number of hydrogen-bond donors (Lipinski definition) is 1. The topological polar surface area (TPSA) is 43.1 Å². The van der Waals surface area contributed by atoms with E-state index in [0.717, 1.165) is 4.90 Å². The molecule has 2 N–H and O–H groups in total. The third kappa shape index (κ3) is 2.75. The molecule has 0 atom stereocenters. The Hall–Kier alpha value is -0.670. The fraction of sp³-hybridized carbons (Fsp3) is 0.125. The Kier molecular flexibility index (Phi) is 3.44. The number of benzene rings is 1. The summed E-state index contributed by atoms with van der Waals surface area (Å²) in [5.74, 6) is -0.0658. The molecule has 0 fully saturated rings. The van der Waals surface area contributed by atoms with Crippen molar-refractivity contribution < 1.29 is 4.79 Å². The molecule has 0 aliphatic heterocycles. The van der Waals surface area contributed by atoms with Crippen molar-refractivity contribution in [3.8, 4) is 0 Å². The molecule has 0 saturated carbocycles. The van der Waals surface area contributed by atoms with Crippen molar-refractivity contribution in [2.24, 2.45) is 5.73 Å². The van der Waals surface area contributed by atoms with Crippen LogP contribution in [0.3, 0.4) is 0 Å². The summed E-state index contributed by atoms with van der Waals surface area (Å²) in [4.78, 5) is 11.3. The zero-order valence-corrected chi connectivity index (χ0v) is 7.86. The molecule has 0 unspecified atom stereocenters. The fourth-order valence-corrected chi connectivity index (χ4v) is 1.69. The van der Waals surface area contributed by atoms with E-state index >= 15 is 0 Å². The van der Waals surface area contributed by atoms with E-state index in [1.54, 1.807) is 6.07 Å². The molecule has 64 valence electrons. The average Bonchev–Trinajstić information content (AvgIpc) is 2.03. The third-order valence-electron chi connectivity index (χ3n) is 1.21. The van der Waals surface area contributed by atoms with Gasteiger partial charge in [0.1, 0.15) is 0 Å². The van der Waals surface area contributed by atoms with Gasteiger partial charge in [0.25, 0.3) is 0 Å². The van der Waals surface area contributed by atoms with Gasteiger partial charge in [0, 0.05) is 4.90 Å². The predicted octanol–water partition coefficient (Wildman–Crippen LogP) is 1.92. The van der Waals surface area contributed by atoms with Gasteiger partial charge in [0.2, 0.25) is 5.91 Å². The first-order valence-corrected chi connectivity index (χ1v) is 4.72. The smallest absolute Gasteiger partial charge is 0.227 e. The Labute approximate surface area is 80.1 Å². The Morgan fingerprint density at radius 1 is 1.50 bits per heavy atom. The molecule has 0 aliphatic rings. The van der Waals surface area contributed by atoms with Gasteiger partial charge in [-0.1, -0.05) is 23.7 Å². The van der Waals surface area contributed by atoms with Crippen molar-refractivity contribution in [1.29, 1.82) is 0 Å². The van der Waals surface area contributed by atoms with Crippen LogP contribution in [0.1, 0.15) is 0 Å². The minimum atomic E-state index is -0.333. The molecule has 1 amide bonds. The normalized spacial score (nSPS) is 9.75. The summed E-state index contributed by atoms with van der Waals surface area (Å²) < 4.78 is 0. The van der Waals surface area contributed by atoms with E-state index in [1.165, 1.54) is 11.8 Å². The highest BCUT2D eigenvalue weighted by Gasteiger charge is 2.00. The Balaban J connectivity index is 2.63. The molecule has 1 aromatic rings. The SMILES string of the molecule is NC(=O)CSc1ccccc1Cl. The summed E-state index contributed by atoms with van der Waals surface area (Å²) >= 11 is 7.18. The van der Waals surface area contributed by atoms with Crippen LogP contribution in [0, 0.1) is 0 Å². The minimum absolute atomic E-state index is 0.268. The number of hydrogen-bond acceptors (Lipinski definition) is 2. The van der Waals surface area contributed by atoms with Crippen molar-refractivity contribution in [3.05, 3.63) is 29.3 Å². The van der Waals surface area contributed by atoms with Gasteiger partial charge in [-0.2, -0.15) is 0 Å². The number of carbonyl (C=O) groups excluding carboxylic acids is 1. The molecule has 0 aromatic heterocycles. The van der Waals surface area contributed by atoms with Crippen LogP contribution < -0.4 is 5.73 Å². The number of primary amides is 1. The lowest BCUT2D eigenvalue weighted by Crippen LogP contribution is -2.12. The zero-order valence-electron chi connectivity index (χ0n) is 6.29. The molecule has 0 aliphatic carbocycles. The quantitative estimate of drug-likeness (QED) is 0.760. The molecule has 2 nitrogen and oxygen atoms in total. The molecule has 0 bridgehead atoms. The molecule has 0 saturated heterocycles. The Morgan fingerprint density at radius 2 is 2.17 bits per heavy atom. The Morgan fingerprint density at radius 3 is 2.75 bits per heavy atom. The van der Waals surface area contributed by atoms with E-state index in [-0.39, 0.29) is 11.7 Å². The number of halogens is 1. The first-order valence-electron chi connectivity index (χ1n) is 3.36. The summed E-state index contributed by atoms with van der Waals surface area (Å²) in [5, 5.41) is 0.656. The molecule has 4 heteroatoms. The third-order valence-corrected chi connectivity index (χ3v) is 2.74. The number of amides is 1. The molecule has 0 radical (unpaired) electrons. The van der Waals surface area contributed by atoms with Crippen LogP contribution in [0.5, 0.6) is 0 Å². The van der Waals surface area contributed by atoms with Crippen molar-refractivity contribution in [2.45, 2.75) is 4.90 Å². The Bertz CT molecular complexity index is 290. The van der Waals surface area contributed by atoms with Gasteiger partial charge >= 0.3 is 0 Å². The van der Waals surface area contributed by atoms with Gasteiger partial charge in [0.15, 0.2) is 0 Å². The molecule has 0 spiro atoms. The van der Waals surface area contributed by atoms with Crippen LogP contribution in [0.25, 0.3) is 0 Å². The summed E-state index contributed by atoms with van der Waals surface area (Å²) in [6.45, 7) is 0. The van der Waals surface area contributed by atoms with E-state index in [0.29, 0.717) is 5.02 Å². The maximum atomic E-state index is 10.4. The zero-order chi connectivity index (χ0) is 8.97. The second-order valence-electron chi connectivity index (χ2n) is 2.19. The summed E-state index contributed by atoms with van der Waals surface area (Å²) in [6, 6.07) is 7.35. The second-order valence-corrected chi connectivity index (χ2v) is 3.61. The van der Waals surface area contributed by atoms with E-state index in [2.05, 4.69) is 0 Å². The minimum Gasteiger partial charge on any atom is -0.369 e. The highest BCUT2D eigenvalue weighted by atomic mass is 35.5. The van der Waals surface area contributed by atoms with E-state index in [9.17, 15) is 4.79 Å². The first kappa shape index (κ1) is 9.42. The lowest BCUT2D eigenvalue weighted by Gasteiger charge is -2.00. The van der Waals surface area contributed by atoms with E-state index < -0.39 is 0 Å². The van der Waals surface area contributed by atoms with Crippen LogP contribution in [-0.2, 0) is 4.79 Å². The van der Waals surface area contributed by atoms with Crippen LogP contribution in [0.2, 0.25) is 5.02 Å². The average molecular weight is 202 g/mol. The lowest BCUT2D eigenvalue weighted by atomic mass is 10.4. The van der Waals surface area contributed by atoms with Gasteiger partial charge in [-0.15, -0.1) is 11.8 Å². The van der Waals surface area contributed by atoms with Crippen molar-refractivity contribution in [3.63, 3.8) is 0 Å². The lowest BCUT2D eigenvalue weighted by molar-refractivity contribution is -0.115. The highest BCUT2D eigenvalue weighted by molar-refractivity contribution is 8.00. The molecule has 0 heterocycles. The molecule has 12 heavy (non-hydrogen) atoms. The van der Waals surface area contributed by atoms with Crippen molar-refractivity contribution in [1.82, 2.24) is 0 Å². The standard InChI is InChI=1S/C8H8ClNOS/c9-6-3-1-2-4-7(6)12-5-8(10)11/h1-4H,5H2,(H2,10,11). The number of carbonyl (C=O) groups is 1. The van der Waals surface area contributed by atoms with Crippen LogP contribution in [-0.4, -0.2) is 11.7 Å². The van der Waals surface area contributed by atoms with Gasteiger partial charge in [-0.3, -0.25) is 4.79 Å². The van der Waals surface area contributed by atoms with Crippen LogP contribution in [0.15, 0.2) is 29.2 Å². The first-order chi connectivity index (χ1) is 5.70. The second kappa shape index (κ2) is 4.38. The van der Waals surface area contributed by atoms with Crippen molar-refractivity contribution in [2.75, 3.05) is 5.75 Å². The summed E-state index contributed by atoms with van der Waals surface area (Å²) in [6.07, 6.45) is 0. The van der Waals surface area contributed by atoms with Crippen LogP contribution in [0.4, 0.5) is 0 Å². The van der Waals surface area contributed by atoms with Crippen LogP contribution >= 0.6 is 23.4 Å². The monoisotopic (exact) mass is 201 g/mol. The maximum absolute atomic E-state index is 10.4.